The molecule has 0 bridgehead atoms. The Hall–Kier alpha value is -1.51. The Balaban J connectivity index is 1.99. The Kier molecular flexibility index (Phi) is 6.70. The zero-order valence-electron chi connectivity index (χ0n) is 14.1. The maximum absolute atomic E-state index is 12.7. The maximum Gasteiger partial charge on any atom is 0.289 e. The highest BCUT2D eigenvalue weighted by Gasteiger charge is 2.33. The highest BCUT2D eigenvalue weighted by atomic mass is 32.2. The van der Waals surface area contributed by atoms with Crippen LogP contribution in [-0.2, 0) is 10.0 Å². The molecule has 0 aliphatic carbocycles. The van der Waals surface area contributed by atoms with Crippen LogP contribution in [0.4, 0.5) is 5.69 Å². The maximum atomic E-state index is 12.7. The number of sulfonamides is 1. The summed E-state index contributed by atoms with van der Waals surface area (Å²) in [4.78, 5) is 12.5. The van der Waals surface area contributed by atoms with Gasteiger partial charge in [0.2, 0.25) is 10.0 Å². The summed E-state index contributed by atoms with van der Waals surface area (Å²) >= 11 is 0. The number of benzene rings is 1. The standard InChI is InChI=1S/C16H25N3O4S/c1-2-3-4-7-10-17-11-13-18(14-12-17)24(22,23)16-9-6-5-8-15(16)19(20)21/h5-6,8-9H,2-4,7,10-14H2,1H3. The molecule has 1 fully saturated rings. The van der Waals surface area contributed by atoms with E-state index in [-0.39, 0.29) is 10.6 Å². The first-order valence-electron chi connectivity index (χ1n) is 8.42. The fraction of sp³-hybridized carbons (Fsp3) is 0.625. The van der Waals surface area contributed by atoms with Crippen LogP contribution >= 0.6 is 0 Å². The van der Waals surface area contributed by atoms with Gasteiger partial charge in [-0.15, -0.1) is 0 Å². The van der Waals surface area contributed by atoms with Gasteiger partial charge < -0.3 is 4.90 Å². The molecule has 1 saturated heterocycles. The molecule has 8 heteroatoms. The fourth-order valence-corrected chi connectivity index (χ4v) is 4.50. The molecule has 0 amide bonds. The van der Waals surface area contributed by atoms with Gasteiger partial charge in [-0.1, -0.05) is 38.3 Å². The minimum absolute atomic E-state index is 0.216. The quantitative estimate of drug-likeness (QED) is 0.406. The fourth-order valence-electron chi connectivity index (χ4n) is 2.92. The van der Waals surface area contributed by atoms with Crippen LogP contribution in [-0.4, -0.2) is 55.3 Å². The van der Waals surface area contributed by atoms with Crippen molar-refractivity contribution in [1.82, 2.24) is 9.21 Å². The van der Waals surface area contributed by atoms with Gasteiger partial charge in [-0.2, -0.15) is 4.31 Å². The van der Waals surface area contributed by atoms with Crippen LogP contribution in [0.1, 0.15) is 32.6 Å². The third-order valence-electron chi connectivity index (χ3n) is 4.34. The number of nitro groups is 1. The first kappa shape index (κ1) is 18.8. The third kappa shape index (κ3) is 4.52. The number of piperazine rings is 1. The smallest absolute Gasteiger partial charge is 0.289 e. The van der Waals surface area contributed by atoms with E-state index in [1.807, 2.05) is 0 Å². The molecule has 0 unspecified atom stereocenters. The molecular weight excluding hydrogens is 330 g/mol. The molecule has 0 N–H and O–H groups in total. The molecule has 24 heavy (non-hydrogen) atoms. The summed E-state index contributed by atoms with van der Waals surface area (Å²) in [7, 11) is -3.83. The largest absolute Gasteiger partial charge is 0.301 e. The SMILES string of the molecule is CCCCCCN1CCN(S(=O)(=O)c2ccccc2[N+](=O)[O-])CC1. The molecule has 0 saturated carbocycles. The van der Waals surface area contributed by atoms with E-state index in [0.717, 1.165) is 13.0 Å². The molecule has 7 nitrogen and oxygen atoms in total. The van der Waals surface area contributed by atoms with Crippen molar-refractivity contribution in [3.63, 3.8) is 0 Å². The molecule has 1 aliphatic heterocycles. The Morgan fingerprint density at radius 3 is 2.38 bits per heavy atom. The second kappa shape index (κ2) is 8.55. The normalized spacial score (nSPS) is 17.0. The van der Waals surface area contributed by atoms with Gasteiger partial charge in [-0.05, 0) is 19.0 Å². The number of hydrogen-bond acceptors (Lipinski definition) is 5. The Bertz CT molecular complexity index is 655. The molecule has 0 radical (unpaired) electrons. The monoisotopic (exact) mass is 355 g/mol. The summed E-state index contributed by atoms with van der Waals surface area (Å²) < 4.78 is 26.8. The van der Waals surface area contributed by atoms with Gasteiger partial charge in [-0.25, -0.2) is 8.42 Å². The molecule has 0 aromatic heterocycles. The van der Waals surface area contributed by atoms with Crippen molar-refractivity contribution < 1.29 is 13.3 Å². The van der Waals surface area contributed by atoms with E-state index in [9.17, 15) is 18.5 Å². The van der Waals surface area contributed by atoms with Crippen molar-refractivity contribution in [1.29, 1.82) is 0 Å². The number of unbranched alkanes of at least 4 members (excludes halogenated alkanes) is 3. The summed E-state index contributed by atoms with van der Waals surface area (Å²) in [5, 5.41) is 11.1. The van der Waals surface area contributed by atoms with Crippen molar-refractivity contribution in [3.05, 3.63) is 34.4 Å². The van der Waals surface area contributed by atoms with Gasteiger partial charge >= 0.3 is 0 Å². The topological polar surface area (TPSA) is 83.8 Å². The van der Waals surface area contributed by atoms with Gasteiger partial charge in [0.05, 0.1) is 4.92 Å². The van der Waals surface area contributed by atoms with Gasteiger partial charge in [-0.3, -0.25) is 10.1 Å². The summed E-state index contributed by atoms with van der Waals surface area (Å²) in [5.41, 5.74) is -0.362. The van der Waals surface area contributed by atoms with E-state index >= 15 is 0 Å². The van der Waals surface area contributed by atoms with E-state index in [1.54, 1.807) is 0 Å². The predicted molar refractivity (Wildman–Crippen MR) is 92.4 cm³/mol. The third-order valence-corrected chi connectivity index (χ3v) is 6.28. The van der Waals surface area contributed by atoms with Gasteiger partial charge in [0.1, 0.15) is 0 Å². The van der Waals surface area contributed by atoms with Crippen LogP contribution in [0, 0.1) is 10.1 Å². The zero-order valence-corrected chi connectivity index (χ0v) is 14.9. The lowest BCUT2D eigenvalue weighted by Crippen LogP contribution is -2.48. The lowest BCUT2D eigenvalue weighted by molar-refractivity contribution is -0.387. The number of nitrogens with zero attached hydrogens (tertiary/aromatic N) is 3. The Morgan fingerprint density at radius 2 is 1.75 bits per heavy atom. The van der Waals surface area contributed by atoms with Crippen LogP contribution in [0.2, 0.25) is 0 Å². The van der Waals surface area contributed by atoms with Crippen molar-refractivity contribution in [2.75, 3.05) is 32.7 Å². The van der Waals surface area contributed by atoms with Crippen LogP contribution in [0.15, 0.2) is 29.2 Å². The summed E-state index contributed by atoms with van der Waals surface area (Å²) in [6.45, 7) is 5.26. The van der Waals surface area contributed by atoms with E-state index in [4.69, 9.17) is 0 Å². The van der Waals surface area contributed by atoms with Crippen molar-refractivity contribution in [3.8, 4) is 0 Å². The highest BCUT2D eigenvalue weighted by Crippen LogP contribution is 2.26. The summed E-state index contributed by atoms with van der Waals surface area (Å²) in [6.07, 6.45) is 4.75. The number of nitro benzene ring substituents is 1. The second-order valence-corrected chi connectivity index (χ2v) is 7.94. The first-order chi connectivity index (χ1) is 11.5. The minimum atomic E-state index is -3.83. The lowest BCUT2D eigenvalue weighted by Gasteiger charge is -2.33. The van der Waals surface area contributed by atoms with Gasteiger partial charge in [0.15, 0.2) is 4.90 Å². The van der Waals surface area contributed by atoms with E-state index in [2.05, 4.69) is 11.8 Å². The van der Waals surface area contributed by atoms with E-state index < -0.39 is 14.9 Å². The van der Waals surface area contributed by atoms with Crippen molar-refractivity contribution >= 4 is 15.7 Å². The molecule has 1 aromatic carbocycles. The zero-order chi connectivity index (χ0) is 17.6. The highest BCUT2D eigenvalue weighted by molar-refractivity contribution is 7.89. The summed E-state index contributed by atoms with van der Waals surface area (Å²) in [6, 6.07) is 5.54. The number of rotatable bonds is 8. The average Bonchev–Trinajstić information content (AvgIpc) is 2.59. The minimum Gasteiger partial charge on any atom is -0.301 e. The second-order valence-electron chi connectivity index (χ2n) is 6.03. The Morgan fingerprint density at radius 1 is 1.08 bits per heavy atom. The predicted octanol–water partition coefficient (Wildman–Crippen LogP) is 2.48. The van der Waals surface area contributed by atoms with Crippen LogP contribution < -0.4 is 0 Å². The number of hydrogen-bond donors (Lipinski definition) is 0. The molecule has 134 valence electrons. The molecule has 1 aromatic rings. The molecule has 0 atom stereocenters. The summed E-state index contributed by atoms with van der Waals surface area (Å²) in [5.74, 6) is 0. The van der Waals surface area contributed by atoms with Crippen LogP contribution in [0.5, 0.6) is 0 Å². The van der Waals surface area contributed by atoms with Crippen molar-refractivity contribution in [2.24, 2.45) is 0 Å². The molecule has 1 aliphatic rings. The first-order valence-corrected chi connectivity index (χ1v) is 9.86. The van der Waals surface area contributed by atoms with Crippen LogP contribution in [0.25, 0.3) is 0 Å². The average molecular weight is 355 g/mol. The van der Waals surface area contributed by atoms with Crippen molar-refractivity contribution in [2.45, 2.75) is 37.5 Å². The molecule has 0 spiro atoms. The lowest BCUT2D eigenvalue weighted by atomic mass is 10.2. The van der Waals surface area contributed by atoms with E-state index in [1.165, 1.54) is 47.8 Å². The molecule has 1 heterocycles. The van der Waals surface area contributed by atoms with Gasteiger partial charge in [0.25, 0.3) is 5.69 Å². The van der Waals surface area contributed by atoms with Crippen LogP contribution in [0.3, 0.4) is 0 Å². The number of para-hydroxylation sites is 1. The van der Waals surface area contributed by atoms with Gasteiger partial charge in [0, 0.05) is 32.2 Å². The van der Waals surface area contributed by atoms with E-state index in [0.29, 0.717) is 26.2 Å². The molecular formula is C16H25N3O4S. The molecule has 2 rings (SSSR count). The Labute approximate surface area is 143 Å².